The van der Waals surface area contributed by atoms with Crippen molar-refractivity contribution in [2.45, 2.75) is 24.6 Å². The van der Waals surface area contributed by atoms with Gasteiger partial charge in [-0.3, -0.25) is 0 Å². The van der Waals surface area contributed by atoms with Gasteiger partial charge in [0.05, 0.1) is 6.61 Å². The highest BCUT2D eigenvalue weighted by molar-refractivity contribution is 4.87. The van der Waals surface area contributed by atoms with E-state index in [0.717, 1.165) is 0 Å². The lowest BCUT2D eigenvalue weighted by molar-refractivity contribution is -0.153. The molecular weight excluding hydrogens is 164 g/mol. The van der Waals surface area contributed by atoms with E-state index in [1.165, 1.54) is 14.2 Å². The van der Waals surface area contributed by atoms with Crippen molar-refractivity contribution >= 4 is 0 Å². The van der Waals surface area contributed by atoms with Crippen LogP contribution >= 0.6 is 0 Å². The molecule has 1 heterocycles. The standard InChI is InChI=1S/C7H14O5/c1-10-6-4(3-8)12-7(11-2)5(6)9/h4-9H,3H2,1-2H3/t4-,5-,6+,7+/m1/s1. The lowest BCUT2D eigenvalue weighted by Crippen LogP contribution is -2.36. The van der Waals surface area contributed by atoms with Gasteiger partial charge >= 0.3 is 0 Å². The second-order valence-corrected chi connectivity index (χ2v) is 2.65. The van der Waals surface area contributed by atoms with E-state index in [1.807, 2.05) is 0 Å². The predicted octanol–water partition coefficient (Wildman–Crippen LogP) is -1.27. The first-order valence-electron chi connectivity index (χ1n) is 3.74. The minimum Gasteiger partial charge on any atom is -0.394 e. The molecule has 0 bridgehead atoms. The van der Waals surface area contributed by atoms with Crippen LogP contribution in [0.3, 0.4) is 0 Å². The second kappa shape index (κ2) is 4.15. The van der Waals surface area contributed by atoms with Crippen molar-refractivity contribution in [2.75, 3.05) is 20.8 Å². The molecule has 0 aromatic heterocycles. The summed E-state index contributed by atoms with van der Waals surface area (Å²) >= 11 is 0. The molecule has 72 valence electrons. The maximum absolute atomic E-state index is 9.46. The van der Waals surface area contributed by atoms with E-state index in [1.54, 1.807) is 0 Å². The van der Waals surface area contributed by atoms with E-state index in [9.17, 15) is 5.11 Å². The van der Waals surface area contributed by atoms with Crippen LogP contribution in [0.15, 0.2) is 0 Å². The van der Waals surface area contributed by atoms with E-state index in [2.05, 4.69) is 0 Å². The summed E-state index contributed by atoms with van der Waals surface area (Å²) in [6.45, 7) is -0.185. The van der Waals surface area contributed by atoms with Gasteiger partial charge in [0.2, 0.25) is 0 Å². The van der Waals surface area contributed by atoms with Crippen LogP contribution in [-0.4, -0.2) is 55.6 Å². The van der Waals surface area contributed by atoms with Gasteiger partial charge in [0.25, 0.3) is 0 Å². The maximum Gasteiger partial charge on any atom is 0.186 e. The largest absolute Gasteiger partial charge is 0.394 e. The lowest BCUT2D eigenvalue weighted by Gasteiger charge is -2.15. The second-order valence-electron chi connectivity index (χ2n) is 2.65. The highest BCUT2D eigenvalue weighted by Gasteiger charge is 2.43. The molecule has 0 radical (unpaired) electrons. The smallest absolute Gasteiger partial charge is 0.186 e. The number of aliphatic hydroxyl groups is 2. The summed E-state index contributed by atoms with van der Waals surface area (Å²) in [5.41, 5.74) is 0. The minimum absolute atomic E-state index is 0.185. The van der Waals surface area contributed by atoms with Crippen LogP contribution in [0, 0.1) is 0 Å². The molecule has 1 aliphatic heterocycles. The van der Waals surface area contributed by atoms with Gasteiger partial charge in [-0.15, -0.1) is 0 Å². The summed E-state index contributed by atoms with van der Waals surface area (Å²) in [7, 11) is 2.89. The van der Waals surface area contributed by atoms with Gasteiger partial charge in [0.15, 0.2) is 6.29 Å². The van der Waals surface area contributed by atoms with Crippen LogP contribution in [0.2, 0.25) is 0 Å². The average Bonchev–Trinajstić information content (AvgIpc) is 2.41. The zero-order valence-corrected chi connectivity index (χ0v) is 7.14. The molecule has 0 unspecified atom stereocenters. The van der Waals surface area contributed by atoms with Crippen molar-refractivity contribution in [1.29, 1.82) is 0 Å². The summed E-state index contributed by atoms with van der Waals surface area (Å²) in [4.78, 5) is 0. The fourth-order valence-corrected chi connectivity index (χ4v) is 1.34. The summed E-state index contributed by atoms with van der Waals surface area (Å²) < 4.78 is 14.9. The Morgan fingerprint density at radius 2 is 2.00 bits per heavy atom. The Kier molecular flexibility index (Phi) is 3.42. The molecule has 5 nitrogen and oxygen atoms in total. The van der Waals surface area contributed by atoms with E-state index < -0.39 is 24.6 Å². The molecule has 5 heteroatoms. The summed E-state index contributed by atoms with van der Waals surface area (Å²) in [5.74, 6) is 0. The van der Waals surface area contributed by atoms with Crippen molar-refractivity contribution in [3.63, 3.8) is 0 Å². The van der Waals surface area contributed by atoms with Crippen LogP contribution in [0.5, 0.6) is 0 Å². The van der Waals surface area contributed by atoms with E-state index in [4.69, 9.17) is 19.3 Å². The fourth-order valence-electron chi connectivity index (χ4n) is 1.34. The van der Waals surface area contributed by atoms with Crippen molar-refractivity contribution in [1.82, 2.24) is 0 Å². The summed E-state index contributed by atoms with van der Waals surface area (Å²) in [5, 5.41) is 18.3. The quantitative estimate of drug-likeness (QED) is 0.563. The van der Waals surface area contributed by atoms with E-state index >= 15 is 0 Å². The molecule has 12 heavy (non-hydrogen) atoms. The molecule has 1 aliphatic rings. The van der Waals surface area contributed by atoms with Crippen LogP contribution in [0.25, 0.3) is 0 Å². The Bertz CT molecular complexity index is 138. The third-order valence-electron chi connectivity index (χ3n) is 1.98. The molecule has 1 saturated heterocycles. The zero-order chi connectivity index (χ0) is 9.14. The Morgan fingerprint density at radius 3 is 2.33 bits per heavy atom. The number of rotatable bonds is 3. The van der Waals surface area contributed by atoms with Gasteiger partial charge < -0.3 is 24.4 Å². The number of methoxy groups -OCH3 is 2. The number of aliphatic hydroxyl groups excluding tert-OH is 2. The number of ether oxygens (including phenoxy) is 3. The molecule has 2 N–H and O–H groups in total. The molecule has 0 aromatic rings. The van der Waals surface area contributed by atoms with Crippen molar-refractivity contribution in [3.05, 3.63) is 0 Å². The van der Waals surface area contributed by atoms with Gasteiger partial charge in [-0.05, 0) is 0 Å². The Hall–Kier alpha value is -0.200. The first kappa shape index (κ1) is 9.88. The van der Waals surface area contributed by atoms with Crippen LogP contribution in [0.4, 0.5) is 0 Å². The third kappa shape index (κ3) is 1.60. The molecular formula is C7H14O5. The lowest BCUT2D eigenvalue weighted by atomic mass is 10.1. The minimum atomic E-state index is -0.836. The third-order valence-corrected chi connectivity index (χ3v) is 1.98. The van der Waals surface area contributed by atoms with Crippen LogP contribution < -0.4 is 0 Å². The molecule has 0 aromatic carbocycles. The summed E-state index contributed by atoms with van der Waals surface area (Å²) in [6, 6.07) is 0. The topological polar surface area (TPSA) is 68.2 Å². The Balaban J connectivity index is 2.58. The van der Waals surface area contributed by atoms with Gasteiger partial charge in [0, 0.05) is 14.2 Å². The van der Waals surface area contributed by atoms with Crippen molar-refractivity contribution in [2.24, 2.45) is 0 Å². The molecule has 0 spiro atoms. The van der Waals surface area contributed by atoms with Gasteiger partial charge in [0.1, 0.15) is 18.3 Å². The first-order chi connectivity index (χ1) is 5.74. The fraction of sp³-hybridized carbons (Fsp3) is 1.00. The van der Waals surface area contributed by atoms with E-state index in [-0.39, 0.29) is 6.61 Å². The predicted molar refractivity (Wildman–Crippen MR) is 39.6 cm³/mol. The van der Waals surface area contributed by atoms with Crippen molar-refractivity contribution < 1.29 is 24.4 Å². The molecule has 1 fully saturated rings. The molecule has 0 amide bonds. The molecule has 0 aliphatic carbocycles. The highest BCUT2D eigenvalue weighted by atomic mass is 16.7. The van der Waals surface area contributed by atoms with Gasteiger partial charge in [-0.25, -0.2) is 0 Å². The SMILES string of the molecule is CO[C@H]1O[C@H](CO)[C@H](OC)[C@H]1O. The highest BCUT2D eigenvalue weighted by Crippen LogP contribution is 2.23. The van der Waals surface area contributed by atoms with Gasteiger partial charge in [-0.1, -0.05) is 0 Å². The Labute approximate surface area is 70.9 Å². The van der Waals surface area contributed by atoms with Crippen molar-refractivity contribution in [3.8, 4) is 0 Å². The number of hydrogen-bond donors (Lipinski definition) is 2. The first-order valence-corrected chi connectivity index (χ1v) is 3.74. The zero-order valence-electron chi connectivity index (χ0n) is 7.14. The molecule has 0 saturated carbocycles. The maximum atomic E-state index is 9.46. The van der Waals surface area contributed by atoms with Crippen LogP contribution in [0.1, 0.15) is 0 Å². The average molecular weight is 178 g/mol. The molecule has 4 atom stereocenters. The number of hydrogen-bond acceptors (Lipinski definition) is 5. The normalized spacial score (nSPS) is 42.0. The van der Waals surface area contributed by atoms with E-state index in [0.29, 0.717) is 0 Å². The van der Waals surface area contributed by atoms with Crippen LogP contribution in [-0.2, 0) is 14.2 Å². The van der Waals surface area contributed by atoms with Gasteiger partial charge in [-0.2, -0.15) is 0 Å². The summed E-state index contributed by atoms with van der Waals surface area (Å²) in [6.07, 6.45) is -2.56. The Morgan fingerprint density at radius 1 is 1.33 bits per heavy atom. The molecule has 1 rings (SSSR count). The monoisotopic (exact) mass is 178 g/mol.